The normalized spacial score (nSPS) is 25.0. The van der Waals surface area contributed by atoms with E-state index in [0.29, 0.717) is 25.9 Å². The van der Waals surface area contributed by atoms with Crippen LogP contribution in [0.25, 0.3) is 0 Å². The molecule has 1 fully saturated rings. The minimum atomic E-state index is -3.46. The Kier molecular flexibility index (Phi) is 5.37. The summed E-state index contributed by atoms with van der Waals surface area (Å²) < 4.78 is 28.2. The smallest absolute Gasteiger partial charge is 0.260 e. The Hall–Kier alpha value is -0.630. The molecule has 0 unspecified atom stereocenters. The lowest BCUT2D eigenvalue weighted by atomic mass is 10.0. The molecule has 0 bridgehead atoms. The number of sulfonamides is 1. The molecule has 0 amide bonds. The van der Waals surface area contributed by atoms with Gasteiger partial charge in [0.25, 0.3) is 10.0 Å². The molecule has 6 nitrogen and oxygen atoms in total. The van der Waals surface area contributed by atoms with Gasteiger partial charge in [0.15, 0.2) is 5.03 Å². The second-order valence-corrected chi connectivity index (χ2v) is 6.57. The Labute approximate surface area is 120 Å². The summed E-state index contributed by atoms with van der Waals surface area (Å²) in [6, 6.07) is 1.60. The van der Waals surface area contributed by atoms with Crippen molar-refractivity contribution in [3.8, 4) is 0 Å². The van der Waals surface area contributed by atoms with Crippen molar-refractivity contribution >= 4 is 22.4 Å². The van der Waals surface area contributed by atoms with Crippen molar-refractivity contribution in [1.29, 1.82) is 0 Å². The van der Waals surface area contributed by atoms with Crippen molar-refractivity contribution in [3.05, 3.63) is 12.3 Å². The summed E-state index contributed by atoms with van der Waals surface area (Å²) in [6.07, 6.45) is 2.94. The van der Waals surface area contributed by atoms with E-state index in [0.717, 1.165) is 0 Å². The predicted octanol–water partition coefficient (Wildman–Crippen LogP) is 0.825. The molecule has 1 aliphatic heterocycles. The number of hydrogen-bond acceptors (Lipinski definition) is 4. The van der Waals surface area contributed by atoms with Crippen LogP contribution in [0.4, 0.5) is 0 Å². The van der Waals surface area contributed by atoms with Crippen LogP contribution in [0.5, 0.6) is 0 Å². The summed E-state index contributed by atoms with van der Waals surface area (Å²) in [7, 11) is -3.46. The molecule has 2 heterocycles. The van der Waals surface area contributed by atoms with Gasteiger partial charge in [0.1, 0.15) is 0 Å². The molecular formula is C11H21ClN4O2S. The SMILES string of the molecule is CCn1nccc1S(=O)(=O)N1CC[C@@H](N)C[C@H]1C.Cl. The molecule has 19 heavy (non-hydrogen) atoms. The minimum Gasteiger partial charge on any atom is -0.328 e. The third-order valence-electron chi connectivity index (χ3n) is 3.41. The van der Waals surface area contributed by atoms with Crippen molar-refractivity contribution < 1.29 is 8.42 Å². The Morgan fingerprint density at radius 3 is 2.79 bits per heavy atom. The Morgan fingerprint density at radius 2 is 2.21 bits per heavy atom. The van der Waals surface area contributed by atoms with E-state index in [1.165, 1.54) is 10.9 Å². The highest BCUT2D eigenvalue weighted by Crippen LogP contribution is 2.24. The van der Waals surface area contributed by atoms with Gasteiger partial charge in [0.2, 0.25) is 0 Å². The highest BCUT2D eigenvalue weighted by Gasteiger charge is 2.35. The number of hydrogen-bond donors (Lipinski definition) is 1. The first-order valence-electron chi connectivity index (χ1n) is 6.26. The fourth-order valence-corrected chi connectivity index (χ4v) is 4.26. The standard InChI is InChI=1S/C11H20N4O2S.ClH/c1-3-14-11(4-6-13-14)18(16,17)15-7-5-10(12)8-9(15)2;/h4,6,9-10H,3,5,7-8,12H2,1-2H3;1H/t9-,10-;/m1./s1. The summed E-state index contributed by atoms with van der Waals surface area (Å²) in [5, 5.41) is 4.29. The quantitative estimate of drug-likeness (QED) is 0.896. The second kappa shape index (κ2) is 6.21. The fourth-order valence-electron chi connectivity index (χ4n) is 2.44. The van der Waals surface area contributed by atoms with E-state index in [2.05, 4.69) is 5.10 Å². The van der Waals surface area contributed by atoms with Gasteiger partial charge in [-0.15, -0.1) is 12.4 Å². The Balaban J connectivity index is 0.00000180. The van der Waals surface area contributed by atoms with Crippen LogP contribution in [0.1, 0.15) is 26.7 Å². The summed E-state index contributed by atoms with van der Waals surface area (Å²) >= 11 is 0. The van der Waals surface area contributed by atoms with Crippen molar-refractivity contribution in [1.82, 2.24) is 14.1 Å². The van der Waals surface area contributed by atoms with Gasteiger partial charge in [-0.2, -0.15) is 9.40 Å². The fraction of sp³-hybridized carbons (Fsp3) is 0.727. The lowest BCUT2D eigenvalue weighted by molar-refractivity contribution is 0.245. The van der Waals surface area contributed by atoms with Crippen LogP contribution in [-0.2, 0) is 16.6 Å². The zero-order valence-corrected chi connectivity index (χ0v) is 12.8. The van der Waals surface area contributed by atoms with E-state index in [-0.39, 0.29) is 29.5 Å². The van der Waals surface area contributed by atoms with Gasteiger partial charge in [-0.1, -0.05) is 0 Å². The van der Waals surface area contributed by atoms with Gasteiger partial charge in [0, 0.05) is 25.2 Å². The Bertz CT molecular complexity index is 517. The van der Waals surface area contributed by atoms with Gasteiger partial charge in [-0.05, 0) is 32.8 Å². The van der Waals surface area contributed by atoms with Gasteiger partial charge in [-0.25, -0.2) is 8.42 Å². The lowest BCUT2D eigenvalue weighted by Gasteiger charge is -2.35. The number of halogens is 1. The molecule has 8 heteroatoms. The number of piperidine rings is 1. The van der Waals surface area contributed by atoms with Gasteiger partial charge in [-0.3, -0.25) is 4.68 Å². The summed E-state index contributed by atoms with van der Waals surface area (Å²) in [4.78, 5) is 0. The zero-order chi connectivity index (χ0) is 13.3. The van der Waals surface area contributed by atoms with Crippen LogP contribution in [0.15, 0.2) is 17.3 Å². The van der Waals surface area contributed by atoms with E-state index < -0.39 is 10.0 Å². The van der Waals surface area contributed by atoms with Crippen LogP contribution in [0.2, 0.25) is 0 Å². The first kappa shape index (κ1) is 16.4. The topological polar surface area (TPSA) is 81.2 Å². The minimum absolute atomic E-state index is 0. The third-order valence-corrected chi connectivity index (χ3v) is 5.44. The van der Waals surface area contributed by atoms with Gasteiger partial charge < -0.3 is 5.73 Å². The highest BCUT2D eigenvalue weighted by atomic mass is 35.5. The van der Waals surface area contributed by atoms with E-state index in [4.69, 9.17) is 5.73 Å². The van der Waals surface area contributed by atoms with Gasteiger partial charge in [0.05, 0.1) is 6.20 Å². The van der Waals surface area contributed by atoms with Crippen molar-refractivity contribution in [3.63, 3.8) is 0 Å². The molecule has 1 aromatic rings. The third kappa shape index (κ3) is 3.10. The maximum absolute atomic E-state index is 12.6. The van der Waals surface area contributed by atoms with Crippen LogP contribution in [-0.4, -0.2) is 41.1 Å². The molecule has 0 radical (unpaired) electrons. The van der Waals surface area contributed by atoms with E-state index in [9.17, 15) is 8.42 Å². The average molecular weight is 309 g/mol. The second-order valence-electron chi connectivity index (χ2n) is 4.73. The largest absolute Gasteiger partial charge is 0.328 e. The van der Waals surface area contributed by atoms with E-state index >= 15 is 0 Å². The number of rotatable bonds is 3. The molecule has 2 atom stereocenters. The van der Waals surface area contributed by atoms with Crippen LogP contribution in [0, 0.1) is 0 Å². The van der Waals surface area contributed by atoms with Crippen molar-refractivity contribution in [2.45, 2.75) is 50.3 Å². The molecule has 1 aliphatic rings. The van der Waals surface area contributed by atoms with Crippen molar-refractivity contribution in [2.24, 2.45) is 5.73 Å². The molecule has 1 aromatic heterocycles. The van der Waals surface area contributed by atoms with Gasteiger partial charge >= 0.3 is 0 Å². The molecule has 110 valence electrons. The first-order chi connectivity index (χ1) is 8.46. The average Bonchev–Trinajstić information content (AvgIpc) is 2.76. The Morgan fingerprint density at radius 1 is 1.53 bits per heavy atom. The maximum atomic E-state index is 12.6. The van der Waals surface area contributed by atoms with E-state index in [1.54, 1.807) is 10.4 Å². The molecular weight excluding hydrogens is 288 g/mol. The molecule has 1 saturated heterocycles. The lowest BCUT2D eigenvalue weighted by Crippen LogP contribution is -2.48. The van der Waals surface area contributed by atoms with Crippen LogP contribution >= 0.6 is 12.4 Å². The van der Waals surface area contributed by atoms with Crippen LogP contribution < -0.4 is 5.73 Å². The molecule has 0 aromatic carbocycles. The maximum Gasteiger partial charge on any atom is 0.260 e. The monoisotopic (exact) mass is 308 g/mol. The molecule has 2 rings (SSSR count). The summed E-state index contributed by atoms with van der Waals surface area (Å²) in [5.74, 6) is 0. The van der Waals surface area contributed by atoms with E-state index in [1.807, 2.05) is 13.8 Å². The summed E-state index contributed by atoms with van der Waals surface area (Å²) in [5.41, 5.74) is 5.87. The van der Waals surface area contributed by atoms with Crippen LogP contribution in [0.3, 0.4) is 0 Å². The first-order valence-corrected chi connectivity index (χ1v) is 7.70. The predicted molar refractivity (Wildman–Crippen MR) is 75.7 cm³/mol. The number of aromatic nitrogens is 2. The molecule has 0 aliphatic carbocycles. The number of nitrogens with zero attached hydrogens (tertiary/aromatic N) is 3. The zero-order valence-electron chi connectivity index (χ0n) is 11.2. The number of aryl methyl sites for hydroxylation is 1. The molecule has 0 saturated carbocycles. The van der Waals surface area contributed by atoms with Crippen molar-refractivity contribution in [2.75, 3.05) is 6.54 Å². The number of nitrogens with two attached hydrogens (primary N) is 1. The highest BCUT2D eigenvalue weighted by molar-refractivity contribution is 7.89. The molecule has 2 N–H and O–H groups in total. The summed E-state index contributed by atoms with van der Waals surface area (Å²) in [6.45, 7) is 4.81. The molecule has 0 spiro atoms.